The zero-order chi connectivity index (χ0) is 19.4. The van der Waals surface area contributed by atoms with Crippen LogP contribution in [0, 0.1) is 5.41 Å². The molecule has 0 N–H and O–H groups in total. The van der Waals surface area contributed by atoms with Gasteiger partial charge in [-0.3, -0.25) is 4.40 Å². The first-order valence-corrected chi connectivity index (χ1v) is 11.6. The van der Waals surface area contributed by atoms with Gasteiger partial charge < -0.3 is 0 Å². The van der Waals surface area contributed by atoms with E-state index in [0.717, 1.165) is 17.5 Å². The van der Waals surface area contributed by atoms with Crippen molar-refractivity contribution in [3.05, 3.63) is 71.8 Å². The van der Waals surface area contributed by atoms with Crippen molar-refractivity contribution in [1.82, 2.24) is 9.38 Å². The van der Waals surface area contributed by atoms with Crippen molar-refractivity contribution < 1.29 is 0 Å². The molecule has 0 amide bonds. The fraction of sp³-hybridized carbons (Fsp3) is 0.321. The molecular formula is C28H24N2. The van der Waals surface area contributed by atoms with Gasteiger partial charge in [0, 0.05) is 10.8 Å². The van der Waals surface area contributed by atoms with Crippen LogP contribution in [0.25, 0.3) is 38.4 Å². The van der Waals surface area contributed by atoms with Crippen LogP contribution in [-0.2, 0) is 0 Å². The Morgan fingerprint density at radius 3 is 2.40 bits per heavy atom. The first-order chi connectivity index (χ1) is 14.8. The molecule has 9 rings (SSSR count). The zero-order valence-electron chi connectivity index (χ0n) is 17.1. The third kappa shape index (κ3) is 1.84. The summed E-state index contributed by atoms with van der Waals surface area (Å²) in [7, 11) is 0. The highest BCUT2D eigenvalue weighted by Crippen LogP contribution is 2.65. The third-order valence-corrected chi connectivity index (χ3v) is 8.64. The maximum Gasteiger partial charge on any atom is 0.146 e. The Morgan fingerprint density at radius 2 is 1.50 bits per heavy atom. The van der Waals surface area contributed by atoms with Crippen molar-refractivity contribution in [3.63, 3.8) is 0 Å². The van der Waals surface area contributed by atoms with Crippen molar-refractivity contribution in [1.29, 1.82) is 0 Å². The quantitative estimate of drug-likeness (QED) is 0.254. The maximum atomic E-state index is 5.24. The topological polar surface area (TPSA) is 17.3 Å². The van der Waals surface area contributed by atoms with Crippen molar-refractivity contribution in [3.8, 4) is 0 Å². The van der Waals surface area contributed by atoms with Gasteiger partial charge in [-0.2, -0.15) is 0 Å². The normalized spacial score (nSPS) is 27.3. The molecule has 1 spiro atoms. The SMILES string of the molecule is c1ccc2c(c1)c1ccccc1n1c3cc4c(cc3nc21)C1CCCC2(C1)CC4C2. The number of aromatic nitrogens is 2. The highest BCUT2D eigenvalue weighted by atomic mass is 15.0. The monoisotopic (exact) mass is 388 g/mol. The molecule has 2 saturated carbocycles. The Labute approximate surface area is 175 Å². The largest absolute Gasteiger partial charge is 0.292 e. The van der Waals surface area contributed by atoms with E-state index in [1.165, 1.54) is 71.2 Å². The summed E-state index contributed by atoms with van der Waals surface area (Å²) < 4.78 is 2.43. The number of pyridine rings is 1. The van der Waals surface area contributed by atoms with Crippen LogP contribution in [0.2, 0.25) is 0 Å². The van der Waals surface area contributed by atoms with Gasteiger partial charge >= 0.3 is 0 Å². The molecule has 30 heavy (non-hydrogen) atoms. The summed E-state index contributed by atoms with van der Waals surface area (Å²) in [5, 5.41) is 3.87. The van der Waals surface area contributed by atoms with Crippen LogP contribution in [0.4, 0.5) is 0 Å². The van der Waals surface area contributed by atoms with Gasteiger partial charge in [0.25, 0.3) is 0 Å². The summed E-state index contributed by atoms with van der Waals surface area (Å²) in [5.41, 5.74) is 8.78. The minimum Gasteiger partial charge on any atom is -0.292 e. The van der Waals surface area contributed by atoms with E-state index < -0.39 is 0 Å². The number of hydrogen-bond donors (Lipinski definition) is 0. The Hall–Kier alpha value is -2.87. The van der Waals surface area contributed by atoms with E-state index in [2.05, 4.69) is 65.1 Å². The van der Waals surface area contributed by atoms with Crippen LogP contribution >= 0.6 is 0 Å². The molecule has 2 heteroatoms. The molecule has 0 saturated heterocycles. The fourth-order valence-corrected chi connectivity index (χ4v) is 7.39. The van der Waals surface area contributed by atoms with Crippen molar-refractivity contribution >= 4 is 38.4 Å². The standard InChI is InChI=1S/C28H24N2/c1-2-9-21-19(7-1)20-8-3-4-10-25(20)30-26-13-23-18-15-28(16-18)11-5-6-17(14-28)22(23)12-24(26)29-27(21)30/h1-4,7-10,12-13,17-18H,5-6,11,14-16H2. The van der Waals surface area contributed by atoms with Gasteiger partial charge in [-0.15, -0.1) is 0 Å². The maximum absolute atomic E-state index is 5.24. The second-order valence-electron chi connectivity index (χ2n) is 10.2. The van der Waals surface area contributed by atoms with Crippen molar-refractivity contribution in [2.75, 3.05) is 0 Å². The first kappa shape index (κ1) is 15.9. The number of hydrogen-bond acceptors (Lipinski definition) is 1. The Bertz CT molecular complexity index is 1520. The first-order valence-electron chi connectivity index (χ1n) is 11.6. The van der Waals surface area contributed by atoms with Gasteiger partial charge in [0.1, 0.15) is 5.65 Å². The molecule has 3 aromatic carbocycles. The number of fused-ring (bicyclic) bond motifs is 8. The molecular weight excluding hydrogens is 364 g/mol. The molecule has 1 atom stereocenters. The number of para-hydroxylation sites is 1. The smallest absolute Gasteiger partial charge is 0.146 e. The lowest BCUT2D eigenvalue weighted by molar-refractivity contribution is 0.0536. The number of rotatable bonds is 0. The number of benzene rings is 3. The van der Waals surface area contributed by atoms with E-state index in [0.29, 0.717) is 5.41 Å². The average Bonchev–Trinajstić information content (AvgIpc) is 3.09. The summed E-state index contributed by atoms with van der Waals surface area (Å²) in [6.45, 7) is 0. The van der Waals surface area contributed by atoms with Gasteiger partial charge in [0.2, 0.25) is 0 Å². The van der Waals surface area contributed by atoms with Crippen LogP contribution in [0.5, 0.6) is 0 Å². The van der Waals surface area contributed by atoms with E-state index in [4.69, 9.17) is 4.98 Å². The van der Waals surface area contributed by atoms with E-state index >= 15 is 0 Å². The van der Waals surface area contributed by atoms with E-state index in [1.807, 2.05) is 0 Å². The van der Waals surface area contributed by atoms with E-state index in [9.17, 15) is 0 Å². The fourth-order valence-electron chi connectivity index (χ4n) is 7.39. The Morgan fingerprint density at radius 1 is 0.767 bits per heavy atom. The molecule has 2 heterocycles. The predicted octanol–water partition coefficient (Wildman–Crippen LogP) is 7.33. The summed E-state index contributed by atoms with van der Waals surface area (Å²) in [6, 6.07) is 22.6. The predicted molar refractivity (Wildman–Crippen MR) is 123 cm³/mol. The highest BCUT2D eigenvalue weighted by Gasteiger charge is 2.51. The molecule has 3 bridgehead atoms. The van der Waals surface area contributed by atoms with Crippen molar-refractivity contribution in [2.45, 2.75) is 50.4 Å². The van der Waals surface area contributed by atoms with Crippen LogP contribution < -0.4 is 0 Å². The molecule has 4 aliphatic rings. The minimum absolute atomic E-state index is 0.669. The zero-order valence-corrected chi connectivity index (χ0v) is 17.1. The average molecular weight is 389 g/mol. The molecule has 0 aliphatic heterocycles. The van der Waals surface area contributed by atoms with Gasteiger partial charge in [0.05, 0.1) is 16.6 Å². The molecule has 4 aliphatic carbocycles. The van der Waals surface area contributed by atoms with Gasteiger partial charge in [-0.25, -0.2) is 4.98 Å². The minimum atomic E-state index is 0.669. The molecule has 5 aromatic rings. The molecule has 2 fully saturated rings. The molecule has 2 aromatic heterocycles. The van der Waals surface area contributed by atoms with Crippen LogP contribution in [0.3, 0.4) is 0 Å². The van der Waals surface area contributed by atoms with Gasteiger partial charge in [-0.1, -0.05) is 48.9 Å². The molecule has 146 valence electrons. The molecule has 1 unspecified atom stereocenters. The van der Waals surface area contributed by atoms with Crippen LogP contribution in [0.1, 0.15) is 61.5 Å². The lowest BCUT2D eigenvalue weighted by atomic mass is 9.55. The van der Waals surface area contributed by atoms with Crippen molar-refractivity contribution in [2.24, 2.45) is 5.41 Å². The summed E-state index contributed by atoms with van der Waals surface area (Å²) in [5.74, 6) is 1.52. The number of imidazole rings is 1. The second-order valence-corrected chi connectivity index (χ2v) is 10.2. The van der Waals surface area contributed by atoms with Crippen LogP contribution in [0.15, 0.2) is 60.7 Å². The number of nitrogens with zero attached hydrogens (tertiary/aromatic N) is 2. The highest BCUT2D eigenvalue weighted by molar-refractivity contribution is 6.13. The molecule has 2 nitrogen and oxygen atoms in total. The van der Waals surface area contributed by atoms with Gasteiger partial charge in [-0.05, 0) is 84.1 Å². The molecule has 0 radical (unpaired) electrons. The summed E-state index contributed by atoms with van der Waals surface area (Å²) in [6.07, 6.45) is 8.50. The summed E-state index contributed by atoms with van der Waals surface area (Å²) >= 11 is 0. The van der Waals surface area contributed by atoms with E-state index in [1.54, 1.807) is 11.1 Å². The van der Waals surface area contributed by atoms with Gasteiger partial charge in [0.15, 0.2) is 0 Å². The lowest BCUT2D eigenvalue weighted by Crippen LogP contribution is -2.36. The lowest BCUT2D eigenvalue weighted by Gasteiger charge is -2.49. The van der Waals surface area contributed by atoms with Crippen LogP contribution in [-0.4, -0.2) is 9.38 Å². The second kappa shape index (κ2) is 5.24. The van der Waals surface area contributed by atoms with E-state index in [-0.39, 0.29) is 0 Å². The Balaban J connectivity index is 1.53. The Kier molecular flexibility index (Phi) is 2.78. The summed E-state index contributed by atoms with van der Waals surface area (Å²) in [4.78, 5) is 5.24. The third-order valence-electron chi connectivity index (χ3n) is 8.64.